The highest BCUT2D eigenvalue weighted by Crippen LogP contribution is 2.28. The highest BCUT2D eigenvalue weighted by atomic mass is 16.6. The van der Waals surface area contributed by atoms with Crippen LogP contribution >= 0.6 is 0 Å². The molecule has 2 rings (SSSR count). The second-order valence-corrected chi connectivity index (χ2v) is 3.55. The van der Waals surface area contributed by atoms with E-state index >= 15 is 0 Å². The number of nitro groups is 1. The Morgan fingerprint density at radius 2 is 2.19 bits per heavy atom. The summed E-state index contributed by atoms with van der Waals surface area (Å²) in [4.78, 5) is 10.1. The van der Waals surface area contributed by atoms with Gasteiger partial charge in [0, 0.05) is 6.07 Å². The second kappa shape index (κ2) is 4.32. The zero-order valence-electron chi connectivity index (χ0n) is 8.55. The van der Waals surface area contributed by atoms with Gasteiger partial charge in [-0.1, -0.05) is 6.08 Å². The summed E-state index contributed by atoms with van der Waals surface area (Å²) in [6, 6.07) is 4.14. The number of hydrogen-bond acceptors (Lipinski definition) is 4. The third kappa shape index (κ3) is 2.20. The highest BCUT2D eigenvalue weighted by molar-refractivity contribution is 5.69. The molecule has 1 aliphatic rings. The summed E-state index contributed by atoms with van der Waals surface area (Å²) in [6.07, 6.45) is 2.59. The van der Waals surface area contributed by atoms with Gasteiger partial charge in [0.15, 0.2) is 0 Å². The van der Waals surface area contributed by atoms with Crippen LogP contribution in [0.5, 0.6) is 5.75 Å². The Bertz CT molecular complexity index is 453. The lowest BCUT2D eigenvalue weighted by Gasteiger charge is -2.13. The van der Waals surface area contributed by atoms with Gasteiger partial charge in [-0.3, -0.25) is 10.1 Å². The summed E-state index contributed by atoms with van der Waals surface area (Å²) >= 11 is 0. The molecule has 0 aliphatic carbocycles. The summed E-state index contributed by atoms with van der Waals surface area (Å²) < 4.78 is 5.16. The summed E-state index contributed by atoms with van der Waals surface area (Å²) in [6.45, 7) is 1.12. The van der Waals surface area contributed by atoms with Crippen molar-refractivity contribution in [2.24, 2.45) is 0 Å². The van der Waals surface area contributed by atoms with Gasteiger partial charge in [0.1, 0.15) is 5.75 Å². The summed E-state index contributed by atoms with van der Waals surface area (Å²) in [5, 5.41) is 20.0. The van der Waals surface area contributed by atoms with Crippen molar-refractivity contribution in [2.75, 3.05) is 13.2 Å². The predicted molar refractivity (Wildman–Crippen MR) is 58.2 cm³/mol. The Balaban J connectivity index is 2.40. The number of aromatic hydroxyl groups is 1. The lowest BCUT2D eigenvalue weighted by molar-refractivity contribution is -0.385. The lowest BCUT2D eigenvalue weighted by atomic mass is 10.0. The molecular formula is C11H11NO4. The molecule has 1 aliphatic heterocycles. The molecule has 0 radical (unpaired) electrons. The fourth-order valence-electron chi connectivity index (χ4n) is 1.68. The van der Waals surface area contributed by atoms with E-state index in [1.165, 1.54) is 12.1 Å². The molecule has 0 bridgehead atoms. The summed E-state index contributed by atoms with van der Waals surface area (Å²) in [7, 11) is 0. The van der Waals surface area contributed by atoms with Crippen molar-refractivity contribution in [2.45, 2.75) is 6.42 Å². The number of phenolic OH excluding ortho intramolecular Hbond substituents is 1. The minimum Gasteiger partial charge on any atom is -0.508 e. The number of rotatable bonds is 2. The Labute approximate surface area is 92.1 Å². The van der Waals surface area contributed by atoms with E-state index in [9.17, 15) is 15.2 Å². The largest absolute Gasteiger partial charge is 0.508 e. The Hall–Kier alpha value is -1.88. The molecule has 84 valence electrons. The van der Waals surface area contributed by atoms with E-state index in [-0.39, 0.29) is 11.4 Å². The number of non-ortho nitro benzene ring substituents is 1. The molecule has 16 heavy (non-hydrogen) atoms. The van der Waals surface area contributed by atoms with Crippen molar-refractivity contribution in [3.63, 3.8) is 0 Å². The van der Waals surface area contributed by atoms with Gasteiger partial charge in [0.2, 0.25) is 0 Å². The van der Waals surface area contributed by atoms with Gasteiger partial charge in [0.05, 0.1) is 24.2 Å². The summed E-state index contributed by atoms with van der Waals surface area (Å²) in [5.74, 6) is -0.0865. The van der Waals surface area contributed by atoms with E-state index in [1.807, 2.05) is 6.08 Å². The average Bonchev–Trinajstić information content (AvgIpc) is 2.29. The first-order chi connectivity index (χ1) is 7.66. The van der Waals surface area contributed by atoms with Crippen LogP contribution in [0.1, 0.15) is 12.0 Å². The molecule has 0 spiro atoms. The molecule has 1 heterocycles. The number of nitrogens with zero attached hydrogens (tertiary/aromatic N) is 1. The van der Waals surface area contributed by atoms with Crippen molar-refractivity contribution in [1.29, 1.82) is 0 Å². The van der Waals surface area contributed by atoms with Crippen LogP contribution in [0.15, 0.2) is 24.3 Å². The van der Waals surface area contributed by atoms with Crippen LogP contribution in [-0.2, 0) is 4.74 Å². The van der Waals surface area contributed by atoms with Crippen LogP contribution in [0.25, 0.3) is 5.57 Å². The smallest absolute Gasteiger partial charge is 0.273 e. The van der Waals surface area contributed by atoms with Crippen LogP contribution < -0.4 is 0 Å². The van der Waals surface area contributed by atoms with E-state index in [4.69, 9.17) is 4.74 Å². The molecule has 0 saturated heterocycles. The molecule has 0 atom stereocenters. The van der Waals surface area contributed by atoms with Crippen molar-refractivity contribution in [3.8, 4) is 5.75 Å². The molecule has 0 amide bonds. The van der Waals surface area contributed by atoms with Crippen LogP contribution in [0, 0.1) is 10.1 Å². The molecule has 1 aromatic rings. The number of hydrogen-bond donors (Lipinski definition) is 1. The number of nitro benzene ring substituents is 1. The van der Waals surface area contributed by atoms with Crippen molar-refractivity contribution < 1.29 is 14.8 Å². The minimum atomic E-state index is -0.511. The van der Waals surface area contributed by atoms with Gasteiger partial charge < -0.3 is 9.84 Å². The maximum Gasteiger partial charge on any atom is 0.273 e. The van der Waals surface area contributed by atoms with Crippen LogP contribution in [-0.4, -0.2) is 23.2 Å². The molecule has 1 aromatic carbocycles. The molecular weight excluding hydrogens is 210 g/mol. The van der Waals surface area contributed by atoms with Crippen LogP contribution in [0.3, 0.4) is 0 Å². The van der Waals surface area contributed by atoms with Gasteiger partial charge in [-0.05, 0) is 23.6 Å². The zero-order valence-corrected chi connectivity index (χ0v) is 8.55. The van der Waals surface area contributed by atoms with E-state index < -0.39 is 4.92 Å². The van der Waals surface area contributed by atoms with E-state index in [0.29, 0.717) is 25.2 Å². The second-order valence-electron chi connectivity index (χ2n) is 3.55. The molecule has 0 unspecified atom stereocenters. The third-order valence-electron chi connectivity index (χ3n) is 2.45. The number of ether oxygens (including phenoxy) is 1. The Morgan fingerprint density at radius 1 is 1.38 bits per heavy atom. The quantitative estimate of drug-likeness (QED) is 0.613. The normalized spacial score (nSPS) is 15.6. The van der Waals surface area contributed by atoms with Crippen LogP contribution in [0.4, 0.5) is 5.69 Å². The first-order valence-corrected chi connectivity index (χ1v) is 4.92. The molecule has 5 heteroatoms. The zero-order chi connectivity index (χ0) is 11.5. The number of phenols is 1. The van der Waals surface area contributed by atoms with Gasteiger partial charge in [-0.2, -0.15) is 0 Å². The monoisotopic (exact) mass is 221 g/mol. The van der Waals surface area contributed by atoms with Gasteiger partial charge in [0.25, 0.3) is 5.69 Å². The van der Waals surface area contributed by atoms with Crippen molar-refractivity contribution in [3.05, 3.63) is 40.0 Å². The average molecular weight is 221 g/mol. The molecule has 0 fully saturated rings. The van der Waals surface area contributed by atoms with E-state index in [2.05, 4.69) is 0 Å². The van der Waals surface area contributed by atoms with E-state index in [0.717, 1.165) is 11.6 Å². The van der Waals surface area contributed by atoms with Crippen LogP contribution in [0.2, 0.25) is 0 Å². The SMILES string of the molecule is O=[N+]([O-])c1cc(O)cc(C2=CCOCC2)c1. The first kappa shape index (κ1) is 10.6. The van der Waals surface area contributed by atoms with Gasteiger partial charge in [-0.15, -0.1) is 0 Å². The maximum atomic E-state index is 10.6. The number of benzene rings is 1. The molecule has 1 N–H and O–H groups in total. The summed E-state index contributed by atoms with van der Waals surface area (Å²) in [5.41, 5.74) is 1.57. The third-order valence-corrected chi connectivity index (χ3v) is 2.45. The standard InChI is InChI=1S/C11H11NO4/c13-11-6-9(5-10(7-11)12(14)15)8-1-3-16-4-2-8/h1,5-7,13H,2-4H2. The van der Waals surface area contributed by atoms with E-state index in [1.54, 1.807) is 0 Å². The van der Waals surface area contributed by atoms with Gasteiger partial charge >= 0.3 is 0 Å². The molecule has 0 saturated carbocycles. The fourth-order valence-corrected chi connectivity index (χ4v) is 1.68. The fraction of sp³-hybridized carbons (Fsp3) is 0.273. The Morgan fingerprint density at radius 3 is 2.81 bits per heavy atom. The molecule has 5 nitrogen and oxygen atoms in total. The van der Waals surface area contributed by atoms with Crippen molar-refractivity contribution >= 4 is 11.3 Å². The molecule has 0 aromatic heterocycles. The van der Waals surface area contributed by atoms with Gasteiger partial charge in [-0.25, -0.2) is 0 Å². The predicted octanol–water partition coefficient (Wildman–Crippen LogP) is 2.10. The first-order valence-electron chi connectivity index (χ1n) is 4.92. The maximum absolute atomic E-state index is 10.6. The topological polar surface area (TPSA) is 72.6 Å². The Kier molecular flexibility index (Phi) is 2.87. The lowest BCUT2D eigenvalue weighted by Crippen LogP contribution is -2.03. The van der Waals surface area contributed by atoms with Crippen molar-refractivity contribution in [1.82, 2.24) is 0 Å². The highest BCUT2D eigenvalue weighted by Gasteiger charge is 2.13. The minimum absolute atomic E-state index is 0.0865.